The molecule has 3 rings (SSSR count). The van der Waals surface area contributed by atoms with E-state index in [1.54, 1.807) is 6.20 Å². The SMILES string of the molecule is CC1(C(=O)Nc2ccc(-c3ccn[nH]3)cc2)CCCCN1.Cl. The first kappa shape index (κ1) is 16.5. The van der Waals surface area contributed by atoms with Crippen LogP contribution in [0, 0.1) is 0 Å². The summed E-state index contributed by atoms with van der Waals surface area (Å²) in [6.45, 7) is 2.88. The Bertz CT molecular complexity index is 604. The number of aromatic amines is 1. The lowest BCUT2D eigenvalue weighted by molar-refractivity contribution is -0.122. The molecule has 6 heteroatoms. The van der Waals surface area contributed by atoms with E-state index in [9.17, 15) is 4.79 Å². The van der Waals surface area contributed by atoms with Crippen molar-refractivity contribution in [3.8, 4) is 11.3 Å². The molecule has 0 saturated carbocycles. The molecule has 118 valence electrons. The molecule has 1 aromatic carbocycles. The molecule has 5 nitrogen and oxygen atoms in total. The molecule has 1 aromatic heterocycles. The third-order valence-electron chi connectivity index (χ3n) is 4.07. The van der Waals surface area contributed by atoms with Crippen LogP contribution in [0.3, 0.4) is 0 Å². The molecule has 1 aliphatic rings. The van der Waals surface area contributed by atoms with Crippen LogP contribution >= 0.6 is 12.4 Å². The predicted octanol–water partition coefficient (Wildman–Crippen LogP) is 2.97. The molecule has 1 unspecified atom stereocenters. The lowest BCUT2D eigenvalue weighted by atomic mass is 9.90. The lowest BCUT2D eigenvalue weighted by Crippen LogP contribution is -2.54. The first-order valence-electron chi connectivity index (χ1n) is 7.34. The zero-order valence-corrected chi connectivity index (χ0v) is 13.4. The maximum atomic E-state index is 12.4. The summed E-state index contributed by atoms with van der Waals surface area (Å²) in [5.41, 5.74) is 2.37. The summed E-state index contributed by atoms with van der Waals surface area (Å²) >= 11 is 0. The van der Waals surface area contributed by atoms with Gasteiger partial charge < -0.3 is 10.6 Å². The van der Waals surface area contributed by atoms with Crippen molar-refractivity contribution in [1.29, 1.82) is 0 Å². The normalized spacial score (nSPS) is 21.0. The van der Waals surface area contributed by atoms with Crippen molar-refractivity contribution in [3.05, 3.63) is 36.5 Å². The molecule has 0 bridgehead atoms. The number of hydrogen-bond acceptors (Lipinski definition) is 3. The lowest BCUT2D eigenvalue weighted by Gasteiger charge is -2.33. The van der Waals surface area contributed by atoms with Crippen LogP contribution in [0.25, 0.3) is 11.3 Å². The van der Waals surface area contributed by atoms with Crippen molar-refractivity contribution >= 4 is 24.0 Å². The van der Waals surface area contributed by atoms with Gasteiger partial charge in [0.15, 0.2) is 0 Å². The molecule has 2 aromatic rings. The van der Waals surface area contributed by atoms with Crippen molar-refractivity contribution in [3.63, 3.8) is 0 Å². The largest absolute Gasteiger partial charge is 0.324 e. The van der Waals surface area contributed by atoms with E-state index in [1.165, 1.54) is 0 Å². The van der Waals surface area contributed by atoms with Crippen LogP contribution in [0.15, 0.2) is 36.5 Å². The summed E-state index contributed by atoms with van der Waals surface area (Å²) in [7, 11) is 0. The maximum Gasteiger partial charge on any atom is 0.244 e. The molecule has 1 saturated heterocycles. The number of amides is 1. The molecule has 0 spiro atoms. The second-order valence-electron chi connectivity index (χ2n) is 5.72. The Morgan fingerprint density at radius 2 is 2.00 bits per heavy atom. The number of nitrogens with zero attached hydrogens (tertiary/aromatic N) is 1. The Labute approximate surface area is 136 Å². The monoisotopic (exact) mass is 320 g/mol. The molecule has 2 heterocycles. The fourth-order valence-electron chi connectivity index (χ4n) is 2.67. The molecule has 1 aliphatic heterocycles. The number of rotatable bonds is 3. The summed E-state index contributed by atoms with van der Waals surface area (Å²) in [6, 6.07) is 9.70. The number of hydrogen-bond donors (Lipinski definition) is 3. The summed E-state index contributed by atoms with van der Waals surface area (Å²) in [6.07, 6.45) is 4.84. The quantitative estimate of drug-likeness (QED) is 0.814. The van der Waals surface area contributed by atoms with Gasteiger partial charge in [0.25, 0.3) is 0 Å². The smallest absolute Gasteiger partial charge is 0.244 e. The summed E-state index contributed by atoms with van der Waals surface area (Å²) in [4.78, 5) is 12.4. The van der Waals surface area contributed by atoms with Crippen LogP contribution in [-0.4, -0.2) is 28.2 Å². The van der Waals surface area contributed by atoms with Gasteiger partial charge in [0, 0.05) is 11.9 Å². The van der Waals surface area contributed by atoms with Gasteiger partial charge in [-0.1, -0.05) is 12.1 Å². The maximum absolute atomic E-state index is 12.4. The standard InChI is InChI=1S/C16H20N4O.ClH/c1-16(9-2-3-10-17-16)15(21)19-13-6-4-12(5-7-13)14-8-11-18-20-14;/h4-8,11,17H,2-3,9-10H2,1H3,(H,18,20)(H,19,21);1H. The second kappa shape index (κ2) is 6.94. The van der Waals surface area contributed by atoms with E-state index in [1.807, 2.05) is 37.3 Å². The van der Waals surface area contributed by atoms with Crippen LogP contribution < -0.4 is 10.6 Å². The second-order valence-corrected chi connectivity index (χ2v) is 5.72. The Hall–Kier alpha value is -1.85. The average molecular weight is 321 g/mol. The minimum atomic E-state index is -0.458. The van der Waals surface area contributed by atoms with E-state index in [0.29, 0.717) is 0 Å². The predicted molar refractivity (Wildman–Crippen MR) is 90.2 cm³/mol. The molecule has 3 N–H and O–H groups in total. The van der Waals surface area contributed by atoms with Crippen LogP contribution in [0.5, 0.6) is 0 Å². The minimum absolute atomic E-state index is 0. The van der Waals surface area contributed by atoms with Crippen LogP contribution in [-0.2, 0) is 4.79 Å². The molecule has 0 radical (unpaired) electrons. The third-order valence-corrected chi connectivity index (χ3v) is 4.07. The highest BCUT2D eigenvalue weighted by Gasteiger charge is 2.34. The van der Waals surface area contributed by atoms with E-state index in [-0.39, 0.29) is 18.3 Å². The fraction of sp³-hybridized carbons (Fsp3) is 0.375. The minimum Gasteiger partial charge on any atom is -0.324 e. The first-order valence-corrected chi connectivity index (χ1v) is 7.34. The van der Waals surface area contributed by atoms with Crippen molar-refractivity contribution < 1.29 is 4.79 Å². The van der Waals surface area contributed by atoms with Crippen molar-refractivity contribution in [2.45, 2.75) is 31.7 Å². The number of nitrogens with one attached hydrogen (secondary N) is 3. The van der Waals surface area contributed by atoms with Gasteiger partial charge in [-0.15, -0.1) is 12.4 Å². The van der Waals surface area contributed by atoms with Gasteiger partial charge in [-0.25, -0.2) is 0 Å². The van der Waals surface area contributed by atoms with E-state index in [4.69, 9.17) is 0 Å². The number of carbonyl (C=O) groups excluding carboxylic acids is 1. The number of anilines is 1. The Balaban J connectivity index is 0.00000176. The summed E-state index contributed by atoms with van der Waals surface area (Å²) in [5.74, 6) is 0.0384. The van der Waals surface area contributed by atoms with Crippen LogP contribution in [0.1, 0.15) is 26.2 Å². The van der Waals surface area contributed by atoms with Crippen LogP contribution in [0.2, 0.25) is 0 Å². The molecular weight excluding hydrogens is 300 g/mol. The highest BCUT2D eigenvalue weighted by molar-refractivity contribution is 5.98. The number of halogens is 1. The third kappa shape index (κ3) is 3.48. The Morgan fingerprint density at radius 1 is 1.23 bits per heavy atom. The molecule has 1 atom stereocenters. The van der Waals surface area contributed by atoms with E-state index < -0.39 is 5.54 Å². The van der Waals surface area contributed by atoms with Gasteiger partial charge >= 0.3 is 0 Å². The highest BCUT2D eigenvalue weighted by Crippen LogP contribution is 2.22. The molecule has 1 amide bonds. The number of piperidine rings is 1. The Morgan fingerprint density at radius 3 is 2.59 bits per heavy atom. The van der Waals surface area contributed by atoms with Gasteiger partial charge in [0.1, 0.15) is 0 Å². The van der Waals surface area contributed by atoms with Crippen molar-refractivity contribution in [2.24, 2.45) is 0 Å². The molecular formula is C16H21ClN4O. The number of aromatic nitrogens is 2. The number of benzene rings is 1. The summed E-state index contributed by atoms with van der Waals surface area (Å²) < 4.78 is 0. The summed E-state index contributed by atoms with van der Waals surface area (Å²) in [5, 5.41) is 13.2. The van der Waals surface area contributed by atoms with Crippen molar-refractivity contribution in [1.82, 2.24) is 15.5 Å². The fourth-order valence-corrected chi connectivity index (χ4v) is 2.67. The van der Waals surface area contributed by atoms with Gasteiger partial charge in [-0.05, 0) is 56.5 Å². The number of H-pyrrole nitrogens is 1. The Kier molecular flexibility index (Phi) is 5.21. The van der Waals surface area contributed by atoms with Gasteiger partial charge in [-0.2, -0.15) is 5.10 Å². The zero-order valence-electron chi connectivity index (χ0n) is 12.6. The number of carbonyl (C=O) groups is 1. The molecule has 1 fully saturated rings. The zero-order chi connectivity index (χ0) is 14.7. The van der Waals surface area contributed by atoms with E-state index in [0.717, 1.165) is 42.8 Å². The van der Waals surface area contributed by atoms with Crippen molar-refractivity contribution in [2.75, 3.05) is 11.9 Å². The van der Waals surface area contributed by atoms with Gasteiger partial charge in [-0.3, -0.25) is 9.89 Å². The van der Waals surface area contributed by atoms with Crippen LogP contribution in [0.4, 0.5) is 5.69 Å². The molecule has 22 heavy (non-hydrogen) atoms. The van der Waals surface area contributed by atoms with E-state index in [2.05, 4.69) is 20.8 Å². The van der Waals surface area contributed by atoms with E-state index >= 15 is 0 Å². The van der Waals surface area contributed by atoms with Gasteiger partial charge in [0.05, 0.1) is 11.2 Å². The molecule has 0 aliphatic carbocycles. The van der Waals surface area contributed by atoms with Gasteiger partial charge in [0.2, 0.25) is 5.91 Å². The first-order chi connectivity index (χ1) is 10.2. The average Bonchev–Trinajstić information content (AvgIpc) is 3.03. The highest BCUT2D eigenvalue weighted by atomic mass is 35.5. The topological polar surface area (TPSA) is 69.8 Å².